The van der Waals surface area contributed by atoms with E-state index < -0.39 is 0 Å². The molecule has 1 aromatic carbocycles. The minimum Gasteiger partial charge on any atom is -0.353 e. The first-order chi connectivity index (χ1) is 11.5. The fourth-order valence-electron chi connectivity index (χ4n) is 2.18. The molecule has 0 fully saturated rings. The highest BCUT2D eigenvalue weighted by Crippen LogP contribution is 2.25. The Bertz CT molecular complexity index is 672. The monoisotopic (exact) mass is 366 g/mol. The van der Waals surface area contributed by atoms with Gasteiger partial charge in [0.25, 0.3) is 0 Å². The van der Waals surface area contributed by atoms with Gasteiger partial charge in [0.05, 0.1) is 5.75 Å². The molecule has 24 heavy (non-hydrogen) atoms. The molecule has 1 amide bonds. The van der Waals surface area contributed by atoms with Gasteiger partial charge in [-0.15, -0.1) is 10.2 Å². The SMILES string of the molecule is CCCn1c(SCC(=O)N[C@H](C)CC)nnc1-c1ccc(Cl)cc1. The summed E-state index contributed by atoms with van der Waals surface area (Å²) in [5.41, 5.74) is 0.969. The second-order valence-corrected chi connectivity index (χ2v) is 7.01. The van der Waals surface area contributed by atoms with Gasteiger partial charge in [-0.1, -0.05) is 37.2 Å². The second-order valence-electron chi connectivity index (χ2n) is 5.63. The standard InChI is InChI=1S/C17H23ClN4OS/c1-4-10-22-16(13-6-8-14(18)9-7-13)20-21-17(22)24-11-15(23)19-12(3)5-2/h6-9,12H,4-5,10-11H2,1-3H3,(H,19,23)/t12-/m1/s1. The van der Waals surface area contributed by atoms with Gasteiger partial charge >= 0.3 is 0 Å². The number of carbonyl (C=O) groups excluding carboxylic acids is 1. The van der Waals surface area contributed by atoms with Crippen LogP contribution in [0.5, 0.6) is 0 Å². The zero-order chi connectivity index (χ0) is 17.5. The third kappa shape index (κ3) is 4.98. The summed E-state index contributed by atoms with van der Waals surface area (Å²) in [4.78, 5) is 12.0. The van der Waals surface area contributed by atoms with E-state index in [1.807, 2.05) is 38.1 Å². The van der Waals surface area contributed by atoms with E-state index in [1.165, 1.54) is 11.8 Å². The smallest absolute Gasteiger partial charge is 0.230 e. The molecule has 0 radical (unpaired) electrons. The summed E-state index contributed by atoms with van der Waals surface area (Å²) >= 11 is 7.37. The van der Waals surface area contributed by atoms with E-state index >= 15 is 0 Å². The van der Waals surface area contributed by atoms with E-state index in [-0.39, 0.29) is 11.9 Å². The number of nitrogens with zero attached hydrogens (tertiary/aromatic N) is 3. The van der Waals surface area contributed by atoms with Crippen molar-refractivity contribution < 1.29 is 4.79 Å². The molecule has 1 aromatic heterocycles. The van der Waals surface area contributed by atoms with Crippen LogP contribution in [0.2, 0.25) is 5.02 Å². The Morgan fingerprint density at radius 1 is 1.29 bits per heavy atom. The molecule has 5 nitrogen and oxygen atoms in total. The average molecular weight is 367 g/mol. The minimum atomic E-state index is 0.0217. The lowest BCUT2D eigenvalue weighted by molar-refractivity contribution is -0.119. The Labute approximate surface area is 152 Å². The molecule has 0 aliphatic carbocycles. The van der Waals surface area contributed by atoms with E-state index in [0.29, 0.717) is 10.8 Å². The molecule has 1 atom stereocenters. The predicted molar refractivity (Wildman–Crippen MR) is 99.4 cm³/mol. The third-order valence-corrected chi connectivity index (χ3v) is 4.84. The summed E-state index contributed by atoms with van der Waals surface area (Å²) in [6.07, 6.45) is 1.88. The van der Waals surface area contributed by atoms with Crippen LogP contribution in [-0.4, -0.2) is 32.5 Å². The molecule has 1 heterocycles. The summed E-state index contributed by atoms with van der Waals surface area (Å²) < 4.78 is 2.06. The molecule has 0 aliphatic heterocycles. The number of aromatic nitrogens is 3. The van der Waals surface area contributed by atoms with Gasteiger partial charge in [-0.05, 0) is 44.0 Å². The number of benzene rings is 1. The molecule has 2 aromatic rings. The van der Waals surface area contributed by atoms with E-state index in [2.05, 4.69) is 27.0 Å². The number of hydrogen-bond donors (Lipinski definition) is 1. The molecule has 0 unspecified atom stereocenters. The molecule has 1 N–H and O–H groups in total. The molecule has 0 bridgehead atoms. The third-order valence-electron chi connectivity index (χ3n) is 3.62. The molecule has 2 rings (SSSR count). The minimum absolute atomic E-state index is 0.0217. The Morgan fingerprint density at radius 3 is 2.62 bits per heavy atom. The number of nitrogens with one attached hydrogen (secondary N) is 1. The number of amides is 1. The molecule has 0 saturated heterocycles. The zero-order valence-corrected chi connectivity index (χ0v) is 15.8. The lowest BCUT2D eigenvalue weighted by Gasteiger charge is -2.11. The van der Waals surface area contributed by atoms with Gasteiger partial charge in [-0.3, -0.25) is 4.79 Å². The van der Waals surface area contributed by atoms with Crippen LogP contribution in [-0.2, 0) is 11.3 Å². The number of carbonyl (C=O) groups is 1. The Morgan fingerprint density at radius 2 is 2.00 bits per heavy atom. The first kappa shape index (κ1) is 18.8. The second kappa shape index (κ2) is 9.08. The van der Waals surface area contributed by atoms with Gasteiger partial charge in [0.15, 0.2) is 11.0 Å². The molecular formula is C17H23ClN4OS. The van der Waals surface area contributed by atoms with E-state index in [0.717, 1.165) is 35.9 Å². The van der Waals surface area contributed by atoms with Crippen molar-refractivity contribution >= 4 is 29.3 Å². The Balaban J connectivity index is 2.13. The summed E-state index contributed by atoms with van der Waals surface area (Å²) in [5, 5.41) is 13.0. The highest BCUT2D eigenvalue weighted by atomic mass is 35.5. The number of thioether (sulfide) groups is 1. The van der Waals surface area contributed by atoms with E-state index in [9.17, 15) is 4.79 Å². The van der Waals surface area contributed by atoms with Crippen LogP contribution in [0.1, 0.15) is 33.6 Å². The lowest BCUT2D eigenvalue weighted by atomic mass is 10.2. The molecule has 130 valence electrons. The topological polar surface area (TPSA) is 59.8 Å². The van der Waals surface area contributed by atoms with Crippen LogP contribution < -0.4 is 5.32 Å². The number of halogens is 1. The summed E-state index contributed by atoms with van der Waals surface area (Å²) in [5.74, 6) is 1.17. The van der Waals surface area contributed by atoms with Crippen molar-refractivity contribution in [3.63, 3.8) is 0 Å². The normalized spacial score (nSPS) is 12.2. The number of hydrogen-bond acceptors (Lipinski definition) is 4. The largest absolute Gasteiger partial charge is 0.353 e. The van der Waals surface area contributed by atoms with Crippen LogP contribution in [0.4, 0.5) is 0 Å². The number of rotatable bonds is 8. The van der Waals surface area contributed by atoms with Crippen LogP contribution in [0, 0.1) is 0 Å². The molecule has 0 aliphatic rings. The van der Waals surface area contributed by atoms with Crippen molar-refractivity contribution in [1.82, 2.24) is 20.1 Å². The quantitative estimate of drug-likeness (QED) is 0.717. The molecular weight excluding hydrogens is 344 g/mol. The van der Waals surface area contributed by atoms with Crippen LogP contribution in [0.3, 0.4) is 0 Å². The van der Waals surface area contributed by atoms with E-state index in [4.69, 9.17) is 11.6 Å². The highest BCUT2D eigenvalue weighted by molar-refractivity contribution is 7.99. The van der Waals surface area contributed by atoms with Crippen molar-refractivity contribution in [2.75, 3.05) is 5.75 Å². The highest BCUT2D eigenvalue weighted by Gasteiger charge is 2.15. The van der Waals surface area contributed by atoms with Crippen LogP contribution in [0.15, 0.2) is 29.4 Å². The summed E-state index contributed by atoms with van der Waals surface area (Å²) in [6, 6.07) is 7.74. The maximum absolute atomic E-state index is 12.0. The fourth-order valence-corrected chi connectivity index (χ4v) is 3.08. The first-order valence-corrected chi connectivity index (χ1v) is 9.52. The zero-order valence-electron chi connectivity index (χ0n) is 14.3. The maximum Gasteiger partial charge on any atom is 0.230 e. The van der Waals surface area contributed by atoms with E-state index in [1.54, 1.807) is 0 Å². The lowest BCUT2D eigenvalue weighted by Crippen LogP contribution is -2.33. The maximum atomic E-state index is 12.0. The summed E-state index contributed by atoms with van der Waals surface area (Å²) in [7, 11) is 0. The van der Waals surface area contributed by atoms with Crippen molar-refractivity contribution in [3.8, 4) is 11.4 Å². The van der Waals surface area contributed by atoms with Gasteiger partial charge in [0.1, 0.15) is 0 Å². The van der Waals surface area contributed by atoms with Crippen molar-refractivity contribution in [2.45, 2.75) is 51.4 Å². The molecule has 7 heteroatoms. The van der Waals surface area contributed by atoms with Gasteiger partial charge in [-0.2, -0.15) is 0 Å². The molecule has 0 saturated carbocycles. The van der Waals surface area contributed by atoms with Gasteiger partial charge in [0.2, 0.25) is 5.91 Å². The Kier molecular flexibility index (Phi) is 7.12. The summed E-state index contributed by atoms with van der Waals surface area (Å²) in [6.45, 7) is 6.96. The van der Waals surface area contributed by atoms with Crippen molar-refractivity contribution in [2.24, 2.45) is 0 Å². The average Bonchev–Trinajstić information content (AvgIpc) is 2.97. The molecule has 0 spiro atoms. The fraction of sp³-hybridized carbons (Fsp3) is 0.471. The van der Waals surface area contributed by atoms with Crippen LogP contribution in [0.25, 0.3) is 11.4 Å². The van der Waals surface area contributed by atoms with Gasteiger partial charge in [0, 0.05) is 23.2 Å². The Hall–Kier alpha value is -1.53. The predicted octanol–water partition coefficient (Wildman–Crippen LogP) is 4.02. The van der Waals surface area contributed by atoms with Gasteiger partial charge < -0.3 is 9.88 Å². The van der Waals surface area contributed by atoms with Crippen molar-refractivity contribution in [3.05, 3.63) is 29.3 Å². The van der Waals surface area contributed by atoms with Crippen LogP contribution >= 0.6 is 23.4 Å². The van der Waals surface area contributed by atoms with Gasteiger partial charge in [-0.25, -0.2) is 0 Å². The first-order valence-electron chi connectivity index (χ1n) is 8.16. The van der Waals surface area contributed by atoms with Crippen molar-refractivity contribution in [1.29, 1.82) is 0 Å².